The molecule has 0 saturated heterocycles. The lowest BCUT2D eigenvalue weighted by Crippen LogP contribution is -2.18. The molecule has 0 saturated carbocycles. The molecule has 4 nitrogen and oxygen atoms in total. The second-order valence-electron chi connectivity index (χ2n) is 3.01. The van der Waals surface area contributed by atoms with Crippen molar-refractivity contribution in [1.82, 2.24) is 0 Å². The Hall–Kier alpha value is -1.20. The van der Waals surface area contributed by atoms with Crippen molar-refractivity contribution >= 4 is 40.9 Å². The third-order valence-electron chi connectivity index (χ3n) is 1.61. The van der Waals surface area contributed by atoms with Gasteiger partial charge in [0.2, 0.25) is 11.8 Å². The van der Waals surface area contributed by atoms with Gasteiger partial charge in [0.25, 0.3) is 0 Å². The van der Waals surface area contributed by atoms with Crippen molar-refractivity contribution in [1.29, 1.82) is 0 Å². The molecule has 86 valence electrons. The Balaban J connectivity index is 2.34. The average Bonchev–Trinajstić information content (AvgIpc) is 2.21. The second kappa shape index (κ2) is 6.40. The van der Waals surface area contributed by atoms with Crippen LogP contribution < -0.4 is 11.1 Å². The Morgan fingerprint density at radius 1 is 1.25 bits per heavy atom. The highest BCUT2D eigenvalue weighted by Gasteiger charge is 2.03. The summed E-state index contributed by atoms with van der Waals surface area (Å²) >= 11 is 6.88. The van der Waals surface area contributed by atoms with Gasteiger partial charge >= 0.3 is 0 Å². The Morgan fingerprint density at radius 3 is 2.44 bits per heavy atom. The molecule has 0 aliphatic rings. The number of benzene rings is 1. The summed E-state index contributed by atoms with van der Waals surface area (Å²) in [7, 11) is 0. The molecule has 3 N–H and O–H groups in total. The van der Waals surface area contributed by atoms with Crippen molar-refractivity contribution in [2.75, 3.05) is 16.8 Å². The molecule has 1 aromatic carbocycles. The van der Waals surface area contributed by atoms with E-state index in [0.29, 0.717) is 10.7 Å². The Labute approximate surface area is 103 Å². The van der Waals surface area contributed by atoms with Crippen molar-refractivity contribution in [3.8, 4) is 0 Å². The fourth-order valence-corrected chi connectivity index (χ4v) is 1.66. The number of anilines is 1. The monoisotopic (exact) mass is 258 g/mol. The first-order valence-electron chi connectivity index (χ1n) is 4.49. The van der Waals surface area contributed by atoms with Crippen LogP contribution >= 0.6 is 23.4 Å². The van der Waals surface area contributed by atoms with Crippen LogP contribution in [0.2, 0.25) is 5.02 Å². The van der Waals surface area contributed by atoms with E-state index in [1.165, 1.54) is 11.8 Å². The van der Waals surface area contributed by atoms with E-state index < -0.39 is 5.91 Å². The Bertz CT molecular complexity index is 381. The summed E-state index contributed by atoms with van der Waals surface area (Å²) in [6.07, 6.45) is 0. The van der Waals surface area contributed by atoms with Crippen molar-refractivity contribution in [3.05, 3.63) is 29.3 Å². The van der Waals surface area contributed by atoms with Gasteiger partial charge in [-0.1, -0.05) is 11.6 Å². The molecule has 6 heteroatoms. The van der Waals surface area contributed by atoms with Gasteiger partial charge in [0, 0.05) is 10.7 Å². The summed E-state index contributed by atoms with van der Waals surface area (Å²) < 4.78 is 0. The standard InChI is InChI=1S/C10H11ClN2O2S/c11-7-1-3-8(4-2-7)13-10(15)6-16-5-9(12)14/h1-4H,5-6H2,(H2,12,14)(H,13,15). The first kappa shape index (κ1) is 12.9. The van der Waals surface area contributed by atoms with Gasteiger partial charge in [-0.25, -0.2) is 0 Å². The van der Waals surface area contributed by atoms with Crippen LogP contribution in [0, 0.1) is 0 Å². The Kier molecular flexibility index (Phi) is 5.14. The van der Waals surface area contributed by atoms with Crippen LogP contribution in [0.5, 0.6) is 0 Å². The molecule has 0 heterocycles. The molecule has 0 radical (unpaired) electrons. The lowest BCUT2D eigenvalue weighted by atomic mass is 10.3. The van der Waals surface area contributed by atoms with Crippen molar-refractivity contribution in [3.63, 3.8) is 0 Å². The summed E-state index contributed by atoms with van der Waals surface area (Å²) in [4.78, 5) is 21.8. The van der Waals surface area contributed by atoms with Crippen LogP contribution in [0.15, 0.2) is 24.3 Å². The van der Waals surface area contributed by atoms with Crippen LogP contribution in [-0.2, 0) is 9.59 Å². The summed E-state index contributed by atoms with van der Waals surface area (Å²) in [6, 6.07) is 6.79. The maximum absolute atomic E-state index is 11.4. The van der Waals surface area contributed by atoms with Gasteiger partial charge in [-0.15, -0.1) is 11.8 Å². The van der Waals surface area contributed by atoms with Gasteiger partial charge in [0.15, 0.2) is 0 Å². The largest absolute Gasteiger partial charge is 0.369 e. The fourth-order valence-electron chi connectivity index (χ4n) is 0.975. The number of carbonyl (C=O) groups is 2. The number of thioether (sulfide) groups is 1. The number of nitrogens with one attached hydrogen (secondary N) is 1. The van der Waals surface area contributed by atoms with Crippen LogP contribution in [0.3, 0.4) is 0 Å². The van der Waals surface area contributed by atoms with Crippen molar-refractivity contribution in [2.24, 2.45) is 5.73 Å². The van der Waals surface area contributed by atoms with Gasteiger partial charge in [-0.3, -0.25) is 9.59 Å². The van der Waals surface area contributed by atoms with E-state index in [1.807, 2.05) is 0 Å². The predicted molar refractivity (Wildman–Crippen MR) is 66.6 cm³/mol. The number of halogens is 1. The molecule has 16 heavy (non-hydrogen) atoms. The van der Waals surface area contributed by atoms with Crippen molar-refractivity contribution in [2.45, 2.75) is 0 Å². The first-order valence-corrected chi connectivity index (χ1v) is 6.02. The smallest absolute Gasteiger partial charge is 0.234 e. The van der Waals surface area contributed by atoms with Crippen LogP contribution in [0.4, 0.5) is 5.69 Å². The normalized spacial score (nSPS) is 9.81. The van der Waals surface area contributed by atoms with E-state index in [9.17, 15) is 9.59 Å². The minimum Gasteiger partial charge on any atom is -0.369 e. The number of primary amides is 1. The van der Waals surface area contributed by atoms with Gasteiger partial charge in [0.1, 0.15) is 0 Å². The number of hydrogen-bond donors (Lipinski definition) is 2. The molecule has 0 fully saturated rings. The highest BCUT2D eigenvalue weighted by Crippen LogP contribution is 2.13. The molecule has 0 unspecified atom stereocenters. The lowest BCUT2D eigenvalue weighted by molar-refractivity contribution is -0.115. The van der Waals surface area contributed by atoms with E-state index in [-0.39, 0.29) is 17.4 Å². The van der Waals surface area contributed by atoms with Gasteiger partial charge in [0.05, 0.1) is 11.5 Å². The first-order chi connectivity index (χ1) is 7.58. The zero-order valence-corrected chi connectivity index (χ0v) is 9.98. The molecule has 1 aromatic rings. The van der Waals surface area contributed by atoms with Crippen LogP contribution in [-0.4, -0.2) is 23.3 Å². The number of hydrogen-bond acceptors (Lipinski definition) is 3. The minimum atomic E-state index is -0.427. The zero-order chi connectivity index (χ0) is 12.0. The Morgan fingerprint density at radius 2 is 1.88 bits per heavy atom. The van der Waals surface area contributed by atoms with Crippen LogP contribution in [0.25, 0.3) is 0 Å². The fraction of sp³-hybridized carbons (Fsp3) is 0.200. The zero-order valence-electron chi connectivity index (χ0n) is 8.40. The van der Waals surface area contributed by atoms with Crippen molar-refractivity contribution < 1.29 is 9.59 Å². The SMILES string of the molecule is NC(=O)CSCC(=O)Nc1ccc(Cl)cc1. The lowest BCUT2D eigenvalue weighted by Gasteiger charge is -2.04. The third kappa shape index (κ3) is 5.04. The summed E-state index contributed by atoms with van der Waals surface area (Å²) in [5.41, 5.74) is 5.62. The number of rotatable bonds is 5. The number of carbonyl (C=O) groups excluding carboxylic acids is 2. The summed E-state index contributed by atoms with van der Waals surface area (Å²) in [5.74, 6) is -0.252. The average molecular weight is 259 g/mol. The number of amides is 2. The van der Waals surface area contributed by atoms with E-state index in [1.54, 1.807) is 24.3 Å². The molecule has 0 spiro atoms. The maximum Gasteiger partial charge on any atom is 0.234 e. The molecule has 1 rings (SSSR count). The van der Waals surface area contributed by atoms with Gasteiger partial charge < -0.3 is 11.1 Å². The molecule has 0 atom stereocenters. The van der Waals surface area contributed by atoms with E-state index >= 15 is 0 Å². The van der Waals surface area contributed by atoms with Gasteiger partial charge in [-0.05, 0) is 24.3 Å². The molecule has 2 amide bonds. The summed E-state index contributed by atoms with van der Waals surface area (Å²) in [6.45, 7) is 0. The number of nitrogens with two attached hydrogens (primary N) is 1. The molecular weight excluding hydrogens is 248 g/mol. The molecule has 0 bridgehead atoms. The molecule has 0 aliphatic heterocycles. The highest BCUT2D eigenvalue weighted by molar-refractivity contribution is 8.00. The molecule has 0 aromatic heterocycles. The van der Waals surface area contributed by atoms with Gasteiger partial charge in [-0.2, -0.15) is 0 Å². The highest BCUT2D eigenvalue weighted by atomic mass is 35.5. The second-order valence-corrected chi connectivity index (χ2v) is 4.44. The van der Waals surface area contributed by atoms with Crippen LogP contribution in [0.1, 0.15) is 0 Å². The minimum absolute atomic E-state index is 0.147. The maximum atomic E-state index is 11.4. The quantitative estimate of drug-likeness (QED) is 0.841. The topological polar surface area (TPSA) is 72.2 Å². The molecule has 0 aliphatic carbocycles. The van der Waals surface area contributed by atoms with E-state index in [4.69, 9.17) is 17.3 Å². The predicted octanol–water partition coefficient (Wildman–Crippen LogP) is 1.50. The molecular formula is C10H11ClN2O2S. The third-order valence-corrected chi connectivity index (χ3v) is 2.81. The van der Waals surface area contributed by atoms with E-state index in [2.05, 4.69) is 5.32 Å². The van der Waals surface area contributed by atoms with E-state index in [0.717, 1.165) is 0 Å². The summed E-state index contributed by atoms with van der Waals surface area (Å²) in [5, 5.41) is 3.28.